The Kier molecular flexibility index (Phi) is 5.02. The van der Waals surface area contributed by atoms with Crippen LogP contribution in [0.2, 0.25) is 0 Å². The van der Waals surface area contributed by atoms with Crippen LogP contribution in [0.15, 0.2) is 27.5 Å². The second kappa shape index (κ2) is 6.57. The van der Waals surface area contributed by atoms with E-state index in [4.69, 9.17) is 4.42 Å². The van der Waals surface area contributed by atoms with Gasteiger partial charge in [0.2, 0.25) is 0 Å². The second-order valence-electron chi connectivity index (χ2n) is 5.41. The van der Waals surface area contributed by atoms with Crippen molar-refractivity contribution in [2.45, 2.75) is 46.1 Å². The zero-order valence-electron chi connectivity index (χ0n) is 12.1. The summed E-state index contributed by atoms with van der Waals surface area (Å²) in [6.45, 7) is 5.02. The lowest BCUT2D eigenvalue weighted by molar-refractivity contribution is 0.228. The predicted octanol–water partition coefficient (Wildman–Crippen LogP) is 3.97. The van der Waals surface area contributed by atoms with E-state index in [0.29, 0.717) is 17.8 Å². The zero-order valence-corrected chi connectivity index (χ0v) is 13.6. The van der Waals surface area contributed by atoms with Gasteiger partial charge in [-0.25, -0.2) is 9.78 Å². The Morgan fingerprint density at radius 2 is 2.05 bits per heavy atom. The lowest BCUT2D eigenvalue weighted by Gasteiger charge is -2.31. The Morgan fingerprint density at radius 1 is 1.35 bits per heavy atom. The minimum atomic E-state index is -0.309. The van der Waals surface area contributed by atoms with Crippen molar-refractivity contribution in [3.05, 3.63) is 28.9 Å². The molecule has 20 heavy (non-hydrogen) atoms. The van der Waals surface area contributed by atoms with Gasteiger partial charge in [-0.15, -0.1) is 0 Å². The van der Waals surface area contributed by atoms with Crippen molar-refractivity contribution in [3.63, 3.8) is 0 Å². The third-order valence-corrected chi connectivity index (χ3v) is 4.95. The Labute approximate surface area is 127 Å². The molecule has 0 saturated heterocycles. The molecule has 0 aromatic carbocycles. The average molecular weight is 341 g/mol. The summed E-state index contributed by atoms with van der Waals surface area (Å²) >= 11 is 3.64. The Bertz CT molecular complexity index is 612. The van der Waals surface area contributed by atoms with Crippen molar-refractivity contribution in [1.29, 1.82) is 0 Å². The van der Waals surface area contributed by atoms with E-state index < -0.39 is 0 Å². The zero-order chi connectivity index (χ0) is 14.6. The van der Waals surface area contributed by atoms with E-state index in [2.05, 4.69) is 34.8 Å². The summed E-state index contributed by atoms with van der Waals surface area (Å²) in [4.78, 5) is 16.4. The summed E-state index contributed by atoms with van der Waals surface area (Å²) < 4.78 is 6.96. The molecule has 0 unspecified atom stereocenters. The van der Waals surface area contributed by atoms with E-state index in [9.17, 15) is 4.79 Å². The lowest BCUT2D eigenvalue weighted by Crippen LogP contribution is -2.32. The number of fused-ring (bicyclic) bond motifs is 1. The van der Waals surface area contributed by atoms with Crippen molar-refractivity contribution >= 4 is 27.2 Å². The highest BCUT2D eigenvalue weighted by atomic mass is 79.9. The molecule has 2 aromatic rings. The Hall–Kier alpha value is -1.10. The van der Waals surface area contributed by atoms with Crippen molar-refractivity contribution in [2.75, 3.05) is 5.33 Å². The monoisotopic (exact) mass is 340 g/mol. The van der Waals surface area contributed by atoms with E-state index in [1.807, 2.05) is 0 Å². The molecule has 2 rings (SSSR count). The van der Waals surface area contributed by atoms with E-state index >= 15 is 0 Å². The number of aromatic nitrogens is 2. The van der Waals surface area contributed by atoms with Crippen molar-refractivity contribution < 1.29 is 4.42 Å². The fourth-order valence-electron chi connectivity index (χ4n) is 2.89. The normalized spacial score (nSPS) is 12.2. The molecule has 0 atom stereocenters. The topological polar surface area (TPSA) is 48.0 Å². The highest BCUT2D eigenvalue weighted by molar-refractivity contribution is 9.09. The molecule has 4 nitrogen and oxygen atoms in total. The first-order chi connectivity index (χ1) is 9.65. The van der Waals surface area contributed by atoms with Crippen LogP contribution < -0.4 is 5.76 Å². The number of hydrogen-bond acceptors (Lipinski definition) is 3. The molecular weight excluding hydrogens is 320 g/mol. The van der Waals surface area contributed by atoms with Crippen LogP contribution in [-0.2, 0) is 6.54 Å². The van der Waals surface area contributed by atoms with Gasteiger partial charge in [0.1, 0.15) is 0 Å². The first-order valence-electron chi connectivity index (χ1n) is 7.16. The summed E-state index contributed by atoms with van der Waals surface area (Å²) in [6.07, 6.45) is 6.06. The molecule has 0 N–H and O–H groups in total. The molecule has 0 amide bonds. The van der Waals surface area contributed by atoms with Gasteiger partial charge in [-0.1, -0.05) is 42.6 Å². The van der Waals surface area contributed by atoms with Crippen molar-refractivity contribution in [3.8, 4) is 0 Å². The summed E-state index contributed by atoms with van der Waals surface area (Å²) in [5.41, 5.74) is 1.30. The number of oxazole rings is 1. The van der Waals surface area contributed by atoms with Crippen LogP contribution in [0.1, 0.15) is 39.5 Å². The van der Waals surface area contributed by atoms with E-state index in [-0.39, 0.29) is 11.2 Å². The van der Waals surface area contributed by atoms with Gasteiger partial charge in [-0.3, -0.25) is 4.57 Å². The number of hydrogen-bond donors (Lipinski definition) is 0. The molecule has 0 bridgehead atoms. The summed E-state index contributed by atoms with van der Waals surface area (Å²) in [6, 6.07) is 3.57. The van der Waals surface area contributed by atoms with Gasteiger partial charge in [0.05, 0.1) is 0 Å². The minimum absolute atomic E-state index is 0.0850. The maximum Gasteiger partial charge on any atom is 0.421 e. The van der Waals surface area contributed by atoms with Crippen molar-refractivity contribution in [1.82, 2.24) is 9.55 Å². The molecule has 0 aliphatic heterocycles. The van der Waals surface area contributed by atoms with Crippen LogP contribution in [0.4, 0.5) is 0 Å². The fraction of sp³-hybridized carbons (Fsp3) is 0.600. The molecule has 0 aliphatic carbocycles. The molecule has 0 radical (unpaired) electrons. The molecule has 2 heterocycles. The summed E-state index contributed by atoms with van der Waals surface area (Å²) in [7, 11) is 0. The van der Waals surface area contributed by atoms with Gasteiger partial charge in [0, 0.05) is 18.1 Å². The third-order valence-electron chi connectivity index (χ3n) is 3.76. The largest absolute Gasteiger partial charge is 0.421 e. The summed E-state index contributed by atoms with van der Waals surface area (Å²) in [5, 5.41) is 0.883. The average Bonchev–Trinajstić information content (AvgIpc) is 2.75. The number of nitrogens with zero attached hydrogens (tertiary/aromatic N) is 2. The third kappa shape index (κ3) is 2.97. The molecular formula is C15H21BrN2O2. The molecule has 0 saturated carbocycles. The molecule has 110 valence electrons. The molecule has 5 heteroatoms. The maximum absolute atomic E-state index is 12.1. The van der Waals surface area contributed by atoms with Crippen LogP contribution in [0.5, 0.6) is 0 Å². The minimum Gasteiger partial charge on any atom is -0.406 e. The number of rotatable bonds is 7. The van der Waals surface area contributed by atoms with Crippen LogP contribution in [-0.4, -0.2) is 14.9 Å². The first kappa shape index (κ1) is 15.3. The second-order valence-corrected chi connectivity index (χ2v) is 5.97. The van der Waals surface area contributed by atoms with Gasteiger partial charge in [0.25, 0.3) is 0 Å². The smallest absolute Gasteiger partial charge is 0.406 e. The first-order valence-corrected chi connectivity index (χ1v) is 8.28. The van der Waals surface area contributed by atoms with Crippen LogP contribution in [0, 0.1) is 5.41 Å². The van der Waals surface area contributed by atoms with E-state index in [0.717, 1.165) is 31.0 Å². The quantitative estimate of drug-likeness (QED) is 0.716. The van der Waals surface area contributed by atoms with Crippen molar-refractivity contribution in [2.24, 2.45) is 5.41 Å². The van der Waals surface area contributed by atoms with E-state index in [1.165, 1.54) is 0 Å². The van der Waals surface area contributed by atoms with E-state index in [1.54, 1.807) is 22.9 Å². The maximum atomic E-state index is 12.1. The number of halogens is 1. The number of alkyl halides is 1. The lowest BCUT2D eigenvalue weighted by atomic mass is 9.81. The number of pyridine rings is 1. The molecule has 0 spiro atoms. The van der Waals surface area contributed by atoms with Gasteiger partial charge in [-0.05, 0) is 30.4 Å². The highest BCUT2D eigenvalue weighted by Gasteiger charge is 2.29. The Balaban J connectivity index is 2.42. The van der Waals surface area contributed by atoms with Crippen LogP contribution in [0.3, 0.4) is 0 Å². The Morgan fingerprint density at radius 3 is 2.65 bits per heavy atom. The fourth-order valence-corrected chi connectivity index (χ4v) is 3.63. The van der Waals surface area contributed by atoms with Gasteiger partial charge < -0.3 is 4.42 Å². The molecule has 2 aromatic heterocycles. The van der Waals surface area contributed by atoms with Gasteiger partial charge in [-0.2, -0.15) is 0 Å². The molecule has 0 fully saturated rings. The standard InChI is InChI=1S/C15H21BrN2O2/c1-3-7-15(10-16,8-4-2)11-18-13-12(20-14(18)19)6-5-9-17-13/h5-6,9H,3-4,7-8,10-11H2,1-2H3. The van der Waals surface area contributed by atoms with Gasteiger partial charge >= 0.3 is 5.76 Å². The van der Waals surface area contributed by atoms with Crippen LogP contribution >= 0.6 is 15.9 Å². The SMILES string of the molecule is CCCC(CBr)(CCC)Cn1c(=O)oc2cccnc21. The summed E-state index contributed by atoms with van der Waals surface area (Å²) in [5.74, 6) is -0.309. The molecule has 0 aliphatic rings. The predicted molar refractivity (Wildman–Crippen MR) is 84.3 cm³/mol. The highest BCUT2D eigenvalue weighted by Crippen LogP contribution is 2.34. The van der Waals surface area contributed by atoms with Gasteiger partial charge in [0.15, 0.2) is 11.2 Å². The van der Waals surface area contributed by atoms with Crippen LogP contribution in [0.25, 0.3) is 11.2 Å².